The second-order valence-corrected chi connectivity index (χ2v) is 1.89. The SMILES string of the molecule is NC(C(=O)O)C(O)CCl. The number of halogens is 1. The second-order valence-electron chi connectivity index (χ2n) is 1.59. The van der Waals surface area contributed by atoms with Crippen LogP contribution < -0.4 is 5.73 Å². The van der Waals surface area contributed by atoms with E-state index in [1.54, 1.807) is 0 Å². The van der Waals surface area contributed by atoms with Crippen molar-refractivity contribution in [3.05, 3.63) is 0 Å². The molecule has 4 nitrogen and oxygen atoms in total. The van der Waals surface area contributed by atoms with E-state index in [0.29, 0.717) is 0 Å². The third-order valence-corrected chi connectivity index (χ3v) is 1.17. The van der Waals surface area contributed by atoms with E-state index in [0.717, 1.165) is 0 Å². The van der Waals surface area contributed by atoms with Gasteiger partial charge in [-0.15, -0.1) is 11.6 Å². The lowest BCUT2D eigenvalue weighted by Gasteiger charge is -2.09. The molecule has 0 aliphatic carbocycles. The topological polar surface area (TPSA) is 83.6 Å². The lowest BCUT2D eigenvalue weighted by Crippen LogP contribution is -2.42. The Labute approximate surface area is 57.2 Å². The van der Waals surface area contributed by atoms with Gasteiger partial charge in [-0.2, -0.15) is 0 Å². The highest BCUT2D eigenvalue weighted by Crippen LogP contribution is 1.92. The average Bonchev–Trinajstić information content (AvgIpc) is 1.84. The number of hydrogen-bond donors (Lipinski definition) is 3. The van der Waals surface area contributed by atoms with Gasteiger partial charge in [0.1, 0.15) is 6.04 Å². The van der Waals surface area contributed by atoms with Crippen LogP contribution in [-0.4, -0.2) is 34.2 Å². The third-order valence-electron chi connectivity index (χ3n) is 0.858. The minimum Gasteiger partial charge on any atom is -0.480 e. The fraction of sp³-hybridized carbons (Fsp3) is 0.750. The minimum atomic E-state index is -1.28. The Morgan fingerprint density at radius 2 is 2.22 bits per heavy atom. The first-order valence-electron chi connectivity index (χ1n) is 2.32. The molecular formula is C4H8ClNO3. The van der Waals surface area contributed by atoms with E-state index in [9.17, 15) is 4.79 Å². The quantitative estimate of drug-likeness (QED) is 0.454. The molecular weight excluding hydrogens is 146 g/mol. The van der Waals surface area contributed by atoms with Crippen molar-refractivity contribution in [2.75, 3.05) is 5.88 Å². The number of alkyl halides is 1. The van der Waals surface area contributed by atoms with E-state index in [-0.39, 0.29) is 5.88 Å². The molecule has 0 aliphatic heterocycles. The van der Waals surface area contributed by atoms with Crippen LogP contribution in [0.3, 0.4) is 0 Å². The van der Waals surface area contributed by atoms with Crippen molar-refractivity contribution in [3.63, 3.8) is 0 Å². The zero-order valence-electron chi connectivity index (χ0n) is 4.62. The van der Waals surface area contributed by atoms with E-state index in [2.05, 4.69) is 0 Å². The van der Waals surface area contributed by atoms with Crippen LogP contribution >= 0.6 is 11.6 Å². The first-order valence-corrected chi connectivity index (χ1v) is 2.85. The minimum absolute atomic E-state index is 0.159. The van der Waals surface area contributed by atoms with Gasteiger partial charge in [0.15, 0.2) is 0 Å². The number of nitrogens with two attached hydrogens (primary N) is 1. The van der Waals surface area contributed by atoms with Crippen LogP contribution in [0.4, 0.5) is 0 Å². The molecule has 0 fully saturated rings. The summed E-state index contributed by atoms with van der Waals surface area (Å²) in [7, 11) is 0. The molecule has 2 unspecified atom stereocenters. The largest absolute Gasteiger partial charge is 0.480 e. The summed E-state index contributed by atoms with van der Waals surface area (Å²) in [4.78, 5) is 9.96. The molecule has 0 saturated carbocycles. The Morgan fingerprint density at radius 1 is 1.78 bits per heavy atom. The van der Waals surface area contributed by atoms with Gasteiger partial charge in [0, 0.05) is 0 Å². The molecule has 0 heterocycles. The molecule has 2 atom stereocenters. The monoisotopic (exact) mass is 153 g/mol. The maximum absolute atomic E-state index is 9.96. The maximum atomic E-state index is 9.96. The number of aliphatic hydroxyl groups is 1. The molecule has 0 aromatic rings. The number of carboxylic acid groups (broad SMARTS) is 1. The molecule has 0 rings (SSSR count). The summed E-state index contributed by atoms with van der Waals surface area (Å²) < 4.78 is 0. The number of hydrogen-bond acceptors (Lipinski definition) is 3. The smallest absolute Gasteiger partial charge is 0.323 e. The summed E-state index contributed by atoms with van der Waals surface area (Å²) in [6, 6.07) is -1.28. The first kappa shape index (κ1) is 8.68. The van der Waals surface area contributed by atoms with Crippen LogP contribution in [0, 0.1) is 0 Å². The Balaban J connectivity index is 3.72. The van der Waals surface area contributed by atoms with Gasteiger partial charge in [-0.25, -0.2) is 0 Å². The lowest BCUT2D eigenvalue weighted by molar-refractivity contribution is -0.140. The number of aliphatic carboxylic acids is 1. The number of aliphatic hydroxyl groups excluding tert-OH is 1. The summed E-state index contributed by atoms with van der Waals surface area (Å²) in [6.45, 7) is 0. The fourth-order valence-electron chi connectivity index (χ4n) is 0.261. The van der Waals surface area contributed by atoms with Gasteiger partial charge in [-0.05, 0) is 0 Å². The van der Waals surface area contributed by atoms with Crippen LogP contribution in [0.1, 0.15) is 0 Å². The van der Waals surface area contributed by atoms with Gasteiger partial charge in [0.25, 0.3) is 0 Å². The Bertz CT molecular complexity index is 108. The van der Waals surface area contributed by atoms with Gasteiger partial charge in [0.2, 0.25) is 0 Å². The van der Waals surface area contributed by atoms with Crippen LogP contribution in [-0.2, 0) is 4.79 Å². The van der Waals surface area contributed by atoms with Gasteiger partial charge < -0.3 is 15.9 Å². The standard InChI is InChI=1S/C4H8ClNO3/c5-1-2(7)3(6)4(8)9/h2-3,7H,1,6H2,(H,8,9). The summed E-state index contributed by atoms with van der Waals surface area (Å²) in [5, 5.41) is 16.8. The molecule has 9 heavy (non-hydrogen) atoms. The predicted molar refractivity (Wildman–Crippen MR) is 32.3 cm³/mol. The number of carbonyl (C=O) groups is 1. The Hall–Kier alpha value is -0.320. The zero-order valence-corrected chi connectivity index (χ0v) is 5.38. The highest BCUT2D eigenvalue weighted by molar-refractivity contribution is 6.18. The molecule has 5 heteroatoms. The number of rotatable bonds is 3. The van der Waals surface area contributed by atoms with Crippen molar-refractivity contribution >= 4 is 17.6 Å². The Kier molecular flexibility index (Phi) is 3.53. The maximum Gasteiger partial charge on any atom is 0.323 e. The van der Waals surface area contributed by atoms with Crippen molar-refractivity contribution in [3.8, 4) is 0 Å². The molecule has 0 aromatic heterocycles. The van der Waals surface area contributed by atoms with E-state index in [1.807, 2.05) is 0 Å². The molecule has 0 bridgehead atoms. The normalized spacial score (nSPS) is 16.8. The van der Waals surface area contributed by atoms with Crippen molar-refractivity contribution in [2.45, 2.75) is 12.1 Å². The molecule has 0 spiro atoms. The van der Waals surface area contributed by atoms with Crippen LogP contribution in [0.25, 0.3) is 0 Å². The Morgan fingerprint density at radius 3 is 2.33 bits per heavy atom. The van der Waals surface area contributed by atoms with Gasteiger partial charge in [-0.1, -0.05) is 0 Å². The predicted octanol–water partition coefficient (Wildman–Crippen LogP) is -1.00. The molecule has 0 aromatic carbocycles. The highest BCUT2D eigenvalue weighted by Gasteiger charge is 2.20. The van der Waals surface area contributed by atoms with Crippen molar-refractivity contribution < 1.29 is 15.0 Å². The summed E-state index contributed by atoms with van der Waals surface area (Å²) in [5.41, 5.74) is 4.94. The molecule has 54 valence electrons. The van der Waals surface area contributed by atoms with Crippen molar-refractivity contribution in [1.82, 2.24) is 0 Å². The van der Waals surface area contributed by atoms with E-state index in [1.165, 1.54) is 0 Å². The molecule has 0 saturated heterocycles. The zero-order chi connectivity index (χ0) is 7.44. The van der Waals surface area contributed by atoms with Crippen molar-refractivity contribution in [1.29, 1.82) is 0 Å². The van der Waals surface area contributed by atoms with E-state index >= 15 is 0 Å². The van der Waals surface area contributed by atoms with Gasteiger partial charge >= 0.3 is 5.97 Å². The van der Waals surface area contributed by atoms with Crippen LogP contribution in [0.2, 0.25) is 0 Å². The molecule has 0 radical (unpaired) electrons. The van der Waals surface area contributed by atoms with Gasteiger partial charge in [0.05, 0.1) is 12.0 Å². The summed E-state index contributed by atoms with van der Waals surface area (Å²) in [5.74, 6) is -1.41. The summed E-state index contributed by atoms with van der Waals surface area (Å²) >= 11 is 5.10. The molecule has 4 N–H and O–H groups in total. The van der Waals surface area contributed by atoms with Crippen molar-refractivity contribution in [2.24, 2.45) is 5.73 Å². The fourth-order valence-corrected chi connectivity index (χ4v) is 0.453. The van der Waals surface area contributed by atoms with Gasteiger partial charge in [-0.3, -0.25) is 4.79 Å². The number of carboxylic acids is 1. The first-order chi connectivity index (χ1) is 4.09. The molecule has 0 aliphatic rings. The molecule has 0 amide bonds. The van der Waals surface area contributed by atoms with Crippen LogP contribution in [0.5, 0.6) is 0 Å². The lowest BCUT2D eigenvalue weighted by atomic mass is 10.2. The summed E-state index contributed by atoms with van der Waals surface area (Å²) in [6.07, 6.45) is -1.16. The average molecular weight is 154 g/mol. The second kappa shape index (κ2) is 3.66. The third kappa shape index (κ3) is 2.64. The highest BCUT2D eigenvalue weighted by atomic mass is 35.5. The van der Waals surface area contributed by atoms with Crippen LogP contribution in [0.15, 0.2) is 0 Å². The van der Waals surface area contributed by atoms with E-state index in [4.69, 9.17) is 27.5 Å². The van der Waals surface area contributed by atoms with E-state index < -0.39 is 18.1 Å².